The van der Waals surface area contributed by atoms with E-state index in [1.165, 1.54) is 0 Å². The van der Waals surface area contributed by atoms with Gasteiger partial charge in [0.1, 0.15) is 0 Å². The molecule has 0 unspecified atom stereocenters. The van der Waals surface area contributed by atoms with Gasteiger partial charge in [0, 0.05) is 12.8 Å². The summed E-state index contributed by atoms with van der Waals surface area (Å²) in [5.41, 5.74) is 0.741. The molecule has 0 saturated heterocycles. The van der Waals surface area contributed by atoms with Crippen molar-refractivity contribution < 1.29 is 13.6 Å². The average Bonchev–Trinajstić information content (AvgIpc) is 2.17. The van der Waals surface area contributed by atoms with Crippen molar-refractivity contribution in [2.75, 3.05) is 19.4 Å². The van der Waals surface area contributed by atoms with Crippen LogP contribution >= 0.6 is 7.60 Å². The SMILES string of the molecule is C#CCCOP(=O)(CC(=C)C)OCCC#C. The summed E-state index contributed by atoms with van der Waals surface area (Å²) >= 11 is 0. The van der Waals surface area contributed by atoms with Gasteiger partial charge in [-0.25, -0.2) is 0 Å². The summed E-state index contributed by atoms with van der Waals surface area (Å²) in [4.78, 5) is 0. The Balaban J connectivity index is 4.26. The minimum Gasteiger partial charge on any atom is -0.307 e. The lowest BCUT2D eigenvalue weighted by atomic mass is 10.4. The van der Waals surface area contributed by atoms with Gasteiger partial charge in [-0.1, -0.05) is 12.2 Å². The Morgan fingerprint density at radius 1 is 1.25 bits per heavy atom. The van der Waals surface area contributed by atoms with Crippen LogP contribution in [0.4, 0.5) is 0 Å². The summed E-state index contributed by atoms with van der Waals surface area (Å²) in [6.45, 7) is 5.89. The van der Waals surface area contributed by atoms with Crippen LogP contribution in [0.2, 0.25) is 0 Å². The van der Waals surface area contributed by atoms with Gasteiger partial charge >= 0.3 is 7.60 Å². The van der Waals surface area contributed by atoms with Crippen molar-refractivity contribution in [3.63, 3.8) is 0 Å². The number of hydrogen-bond acceptors (Lipinski definition) is 3. The molecule has 88 valence electrons. The van der Waals surface area contributed by atoms with Crippen LogP contribution in [0, 0.1) is 24.7 Å². The molecular weight excluding hydrogens is 223 g/mol. The number of allylic oxidation sites excluding steroid dienone is 1. The van der Waals surface area contributed by atoms with Gasteiger partial charge in [-0.2, -0.15) is 0 Å². The Bertz CT molecular complexity index is 322. The predicted molar refractivity (Wildman–Crippen MR) is 66.1 cm³/mol. The third-order valence-electron chi connectivity index (χ3n) is 1.53. The van der Waals surface area contributed by atoms with Crippen molar-refractivity contribution in [2.24, 2.45) is 0 Å². The van der Waals surface area contributed by atoms with E-state index in [1.807, 2.05) is 0 Å². The Labute approximate surface area is 97.8 Å². The summed E-state index contributed by atoms with van der Waals surface area (Å²) in [7, 11) is -3.13. The standard InChI is InChI=1S/C12H17O3P/c1-5-7-9-14-16(13,11-12(3)4)15-10-8-6-2/h1-2H,3,7-11H2,4H3. The summed E-state index contributed by atoms with van der Waals surface area (Å²) < 4.78 is 22.5. The minimum atomic E-state index is -3.13. The topological polar surface area (TPSA) is 35.5 Å². The highest BCUT2D eigenvalue weighted by Gasteiger charge is 2.24. The predicted octanol–water partition coefficient (Wildman–Crippen LogP) is 2.84. The molecule has 0 saturated carbocycles. The second-order valence-corrected chi connectivity index (χ2v) is 5.36. The molecule has 0 aliphatic rings. The molecular formula is C12H17O3P. The summed E-state index contributed by atoms with van der Waals surface area (Å²) in [5, 5.41) is 0. The Kier molecular flexibility index (Phi) is 7.69. The molecule has 4 heteroatoms. The smallest absolute Gasteiger partial charge is 0.307 e. The third-order valence-corrected chi connectivity index (χ3v) is 3.61. The number of rotatable bonds is 8. The van der Waals surface area contributed by atoms with Gasteiger partial charge in [-0.3, -0.25) is 4.57 Å². The van der Waals surface area contributed by atoms with E-state index in [4.69, 9.17) is 21.9 Å². The first-order valence-corrected chi connectivity index (χ1v) is 6.66. The van der Waals surface area contributed by atoms with Crippen LogP contribution in [-0.4, -0.2) is 19.4 Å². The highest BCUT2D eigenvalue weighted by Crippen LogP contribution is 2.49. The molecule has 0 atom stereocenters. The minimum absolute atomic E-state index is 0.197. The van der Waals surface area contributed by atoms with Crippen molar-refractivity contribution >= 4 is 7.60 Å². The molecule has 16 heavy (non-hydrogen) atoms. The van der Waals surface area contributed by atoms with Crippen molar-refractivity contribution in [3.05, 3.63) is 12.2 Å². The van der Waals surface area contributed by atoms with Gasteiger partial charge in [-0.15, -0.1) is 24.7 Å². The molecule has 0 aromatic carbocycles. The van der Waals surface area contributed by atoms with Crippen LogP contribution < -0.4 is 0 Å². The van der Waals surface area contributed by atoms with Crippen LogP contribution in [0.15, 0.2) is 12.2 Å². The maximum atomic E-state index is 12.1. The molecule has 0 fully saturated rings. The van der Waals surface area contributed by atoms with Crippen molar-refractivity contribution in [1.29, 1.82) is 0 Å². The fourth-order valence-corrected chi connectivity index (χ4v) is 2.60. The second kappa shape index (κ2) is 8.20. The quantitative estimate of drug-likeness (QED) is 0.283. The lowest BCUT2D eigenvalue weighted by Gasteiger charge is -2.17. The van der Waals surface area contributed by atoms with Crippen LogP contribution in [0.3, 0.4) is 0 Å². The van der Waals surface area contributed by atoms with Gasteiger partial charge in [0.15, 0.2) is 0 Å². The normalized spacial score (nSPS) is 10.4. The zero-order valence-electron chi connectivity index (χ0n) is 9.57. The lowest BCUT2D eigenvalue weighted by Crippen LogP contribution is -2.03. The number of hydrogen-bond donors (Lipinski definition) is 0. The van der Waals surface area contributed by atoms with Gasteiger partial charge in [-0.05, 0) is 6.92 Å². The lowest BCUT2D eigenvalue weighted by molar-refractivity contribution is 0.213. The molecule has 0 aromatic rings. The molecule has 0 radical (unpaired) electrons. The molecule has 0 N–H and O–H groups in total. The molecule has 0 bridgehead atoms. The van der Waals surface area contributed by atoms with E-state index in [9.17, 15) is 4.57 Å². The second-order valence-electron chi connectivity index (χ2n) is 3.30. The first kappa shape index (κ1) is 15.0. The first-order valence-electron chi connectivity index (χ1n) is 4.93. The third kappa shape index (κ3) is 7.32. The monoisotopic (exact) mass is 240 g/mol. The molecule has 0 spiro atoms. The van der Waals surface area contributed by atoms with Crippen molar-refractivity contribution in [1.82, 2.24) is 0 Å². The number of terminal acetylenes is 2. The van der Waals surface area contributed by atoms with Crippen LogP contribution in [0.1, 0.15) is 19.8 Å². The molecule has 3 nitrogen and oxygen atoms in total. The molecule has 0 aliphatic carbocycles. The maximum absolute atomic E-state index is 12.1. The van der Waals surface area contributed by atoms with E-state index >= 15 is 0 Å². The average molecular weight is 240 g/mol. The highest BCUT2D eigenvalue weighted by atomic mass is 31.2. The van der Waals surface area contributed by atoms with E-state index in [2.05, 4.69) is 18.4 Å². The Morgan fingerprint density at radius 2 is 1.69 bits per heavy atom. The fraction of sp³-hybridized carbons (Fsp3) is 0.500. The Morgan fingerprint density at radius 3 is 2.00 bits per heavy atom. The first-order chi connectivity index (χ1) is 7.54. The zero-order valence-corrected chi connectivity index (χ0v) is 10.5. The maximum Gasteiger partial charge on any atom is 0.334 e. The summed E-state index contributed by atoms with van der Waals surface area (Å²) in [6.07, 6.45) is 11.2. The molecule has 0 rings (SSSR count). The van der Waals surface area contributed by atoms with Crippen molar-refractivity contribution in [2.45, 2.75) is 19.8 Å². The molecule has 0 aliphatic heterocycles. The van der Waals surface area contributed by atoms with E-state index in [0.29, 0.717) is 12.8 Å². The van der Waals surface area contributed by atoms with E-state index < -0.39 is 7.60 Å². The van der Waals surface area contributed by atoms with Crippen molar-refractivity contribution in [3.8, 4) is 24.7 Å². The summed E-state index contributed by atoms with van der Waals surface area (Å²) in [6, 6.07) is 0. The summed E-state index contributed by atoms with van der Waals surface area (Å²) in [5.74, 6) is 4.81. The van der Waals surface area contributed by atoms with E-state index in [1.54, 1.807) is 6.92 Å². The van der Waals surface area contributed by atoms with Crippen LogP contribution in [0.25, 0.3) is 0 Å². The largest absolute Gasteiger partial charge is 0.334 e. The fourth-order valence-electron chi connectivity index (χ4n) is 0.946. The van der Waals surface area contributed by atoms with Gasteiger partial charge in [0.25, 0.3) is 0 Å². The van der Waals surface area contributed by atoms with Gasteiger partial charge in [0.05, 0.1) is 19.4 Å². The van der Waals surface area contributed by atoms with Crippen LogP contribution in [-0.2, 0) is 13.6 Å². The Hall–Kier alpha value is -0.990. The zero-order chi connectivity index (χ0) is 12.4. The molecule has 0 aromatic heterocycles. The highest BCUT2D eigenvalue weighted by molar-refractivity contribution is 7.54. The van der Waals surface area contributed by atoms with Gasteiger partial charge in [0.2, 0.25) is 0 Å². The van der Waals surface area contributed by atoms with E-state index in [0.717, 1.165) is 5.57 Å². The molecule has 0 heterocycles. The molecule has 0 amide bonds. The van der Waals surface area contributed by atoms with Gasteiger partial charge < -0.3 is 9.05 Å². The van der Waals surface area contributed by atoms with Crippen LogP contribution in [0.5, 0.6) is 0 Å². The van der Waals surface area contributed by atoms with E-state index in [-0.39, 0.29) is 19.4 Å².